The number of rotatable bonds is 3. The fourth-order valence-electron chi connectivity index (χ4n) is 2.64. The van der Waals surface area contributed by atoms with E-state index in [9.17, 15) is 14.7 Å². The zero-order valence-corrected chi connectivity index (χ0v) is 12.6. The Labute approximate surface area is 132 Å². The molecule has 0 aliphatic heterocycles. The molecule has 23 heavy (non-hydrogen) atoms. The van der Waals surface area contributed by atoms with E-state index in [-0.39, 0.29) is 11.3 Å². The van der Waals surface area contributed by atoms with Gasteiger partial charge in [-0.3, -0.25) is 9.59 Å². The van der Waals surface area contributed by atoms with Crippen molar-refractivity contribution in [2.45, 2.75) is 6.54 Å². The van der Waals surface area contributed by atoms with Crippen molar-refractivity contribution < 1.29 is 9.90 Å². The number of amides is 1. The van der Waals surface area contributed by atoms with Crippen LogP contribution in [0.5, 0.6) is 5.75 Å². The van der Waals surface area contributed by atoms with Gasteiger partial charge in [-0.1, -0.05) is 42.5 Å². The van der Waals surface area contributed by atoms with E-state index in [1.165, 1.54) is 11.6 Å². The standard InChI is InChI=1S/C18H16N2O3/c1-19-17(22)15-16(21)13-9-5-6-10-14(13)20(18(15)23)11-12-7-3-2-4-8-12/h2-10,21H,11H2,1H3,(H,19,22). The molecule has 0 unspecified atom stereocenters. The van der Waals surface area contributed by atoms with Gasteiger partial charge in [-0.05, 0) is 17.7 Å². The van der Waals surface area contributed by atoms with E-state index in [1.54, 1.807) is 24.3 Å². The van der Waals surface area contributed by atoms with Crippen molar-refractivity contribution in [3.63, 3.8) is 0 Å². The third kappa shape index (κ3) is 2.57. The average molecular weight is 308 g/mol. The first-order chi connectivity index (χ1) is 11.1. The largest absolute Gasteiger partial charge is 0.506 e. The Morgan fingerprint density at radius 3 is 2.43 bits per heavy atom. The van der Waals surface area contributed by atoms with Crippen molar-refractivity contribution in [3.8, 4) is 5.75 Å². The summed E-state index contributed by atoms with van der Waals surface area (Å²) in [5.74, 6) is -0.880. The predicted molar refractivity (Wildman–Crippen MR) is 88.8 cm³/mol. The van der Waals surface area contributed by atoms with Crippen LogP contribution in [0, 0.1) is 0 Å². The van der Waals surface area contributed by atoms with Crippen LogP contribution in [0.2, 0.25) is 0 Å². The number of nitrogens with one attached hydrogen (secondary N) is 1. The molecule has 1 amide bonds. The van der Waals surface area contributed by atoms with Gasteiger partial charge in [0.25, 0.3) is 11.5 Å². The summed E-state index contributed by atoms with van der Waals surface area (Å²) in [5.41, 5.74) is 0.784. The van der Waals surface area contributed by atoms with Crippen LogP contribution in [-0.2, 0) is 6.54 Å². The molecule has 0 saturated heterocycles. The normalized spacial score (nSPS) is 10.7. The molecule has 3 aromatic rings. The first-order valence-corrected chi connectivity index (χ1v) is 7.24. The van der Waals surface area contributed by atoms with Crippen LogP contribution in [0.1, 0.15) is 15.9 Å². The maximum Gasteiger partial charge on any atom is 0.268 e. The summed E-state index contributed by atoms with van der Waals surface area (Å²) in [6.07, 6.45) is 0. The van der Waals surface area contributed by atoms with Crippen LogP contribution in [0.15, 0.2) is 59.4 Å². The number of benzene rings is 2. The van der Waals surface area contributed by atoms with Crippen molar-refractivity contribution in [3.05, 3.63) is 76.1 Å². The minimum atomic E-state index is -0.597. The SMILES string of the molecule is CNC(=O)c1c(O)c2ccccc2n(Cc2ccccc2)c1=O. The quantitative estimate of drug-likeness (QED) is 0.778. The number of para-hydroxylation sites is 1. The lowest BCUT2D eigenvalue weighted by molar-refractivity contribution is 0.0958. The van der Waals surface area contributed by atoms with Crippen LogP contribution < -0.4 is 10.9 Å². The zero-order valence-electron chi connectivity index (χ0n) is 12.6. The van der Waals surface area contributed by atoms with E-state index < -0.39 is 11.5 Å². The van der Waals surface area contributed by atoms with E-state index in [1.807, 2.05) is 30.3 Å². The number of fused-ring (bicyclic) bond motifs is 1. The third-order valence-corrected chi connectivity index (χ3v) is 3.78. The van der Waals surface area contributed by atoms with Gasteiger partial charge in [-0.15, -0.1) is 0 Å². The van der Waals surface area contributed by atoms with Crippen molar-refractivity contribution in [1.82, 2.24) is 9.88 Å². The van der Waals surface area contributed by atoms with Gasteiger partial charge in [0.15, 0.2) is 0 Å². The lowest BCUT2D eigenvalue weighted by Gasteiger charge is -2.14. The maximum atomic E-state index is 12.8. The zero-order chi connectivity index (χ0) is 16.4. The molecule has 1 heterocycles. The molecule has 5 nitrogen and oxygen atoms in total. The molecule has 0 aliphatic rings. The number of hydrogen-bond acceptors (Lipinski definition) is 3. The summed E-state index contributed by atoms with van der Waals surface area (Å²) in [5, 5.41) is 13.2. The Hall–Kier alpha value is -3.08. The molecule has 0 fully saturated rings. The minimum absolute atomic E-state index is 0.234. The molecule has 0 saturated carbocycles. The summed E-state index contributed by atoms with van der Waals surface area (Å²) >= 11 is 0. The van der Waals surface area contributed by atoms with Gasteiger partial charge in [-0.25, -0.2) is 0 Å². The Morgan fingerprint density at radius 2 is 1.74 bits per heavy atom. The van der Waals surface area contributed by atoms with Crippen molar-refractivity contribution >= 4 is 16.8 Å². The van der Waals surface area contributed by atoms with Crippen LogP contribution in [0.4, 0.5) is 0 Å². The summed E-state index contributed by atoms with van der Waals surface area (Å²) in [6.45, 7) is 0.324. The van der Waals surface area contributed by atoms with Crippen LogP contribution in [0.3, 0.4) is 0 Å². The number of carbonyl (C=O) groups excluding carboxylic acids is 1. The fraction of sp³-hybridized carbons (Fsp3) is 0.111. The van der Waals surface area contributed by atoms with Gasteiger partial charge >= 0.3 is 0 Å². The molecule has 0 aliphatic carbocycles. The van der Waals surface area contributed by atoms with Crippen LogP contribution in [-0.4, -0.2) is 22.6 Å². The molecule has 116 valence electrons. The van der Waals surface area contributed by atoms with E-state index >= 15 is 0 Å². The number of pyridine rings is 1. The molecule has 2 N–H and O–H groups in total. The molecular weight excluding hydrogens is 292 g/mol. The predicted octanol–water partition coefficient (Wildman–Crippen LogP) is 2.11. The van der Waals surface area contributed by atoms with E-state index in [2.05, 4.69) is 5.32 Å². The van der Waals surface area contributed by atoms with Gasteiger partial charge in [0.2, 0.25) is 0 Å². The fourth-order valence-corrected chi connectivity index (χ4v) is 2.64. The average Bonchev–Trinajstić information content (AvgIpc) is 2.59. The Kier molecular flexibility index (Phi) is 3.85. The lowest BCUT2D eigenvalue weighted by Crippen LogP contribution is -2.32. The highest BCUT2D eigenvalue weighted by atomic mass is 16.3. The van der Waals surface area contributed by atoms with Gasteiger partial charge in [-0.2, -0.15) is 0 Å². The second kappa shape index (κ2) is 5.96. The lowest BCUT2D eigenvalue weighted by atomic mass is 10.1. The molecule has 5 heteroatoms. The van der Waals surface area contributed by atoms with Gasteiger partial charge < -0.3 is 15.0 Å². The number of nitrogens with zero attached hydrogens (tertiary/aromatic N) is 1. The molecule has 3 rings (SSSR count). The number of aromatic nitrogens is 1. The molecule has 1 aromatic heterocycles. The van der Waals surface area contributed by atoms with Gasteiger partial charge in [0.05, 0.1) is 12.1 Å². The van der Waals surface area contributed by atoms with E-state index in [0.29, 0.717) is 17.4 Å². The minimum Gasteiger partial charge on any atom is -0.506 e. The monoisotopic (exact) mass is 308 g/mol. The van der Waals surface area contributed by atoms with Gasteiger partial charge in [0.1, 0.15) is 11.3 Å². The molecule has 0 radical (unpaired) electrons. The summed E-state index contributed by atoms with van der Waals surface area (Å²) in [4.78, 5) is 24.8. The van der Waals surface area contributed by atoms with Crippen LogP contribution >= 0.6 is 0 Å². The molecule has 2 aromatic carbocycles. The van der Waals surface area contributed by atoms with E-state index in [4.69, 9.17) is 0 Å². The molecule has 0 spiro atoms. The third-order valence-electron chi connectivity index (χ3n) is 3.78. The van der Waals surface area contributed by atoms with Crippen LogP contribution in [0.25, 0.3) is 10.9 Å². The highest BCUT2D eigenvalue weighted by molar-refractivity contribution is 6.02. The van der Waals surface area contributed by atoms with Crippen molar-refractivity contribution in [2.24, 2.45) is 0 Å². The summed E-state index contributed by atoms with van der Waals surface area (Å²) in [6, 6.07) is 16.5. The number of hydrogen-bond donors (Lipinski definition) is 2. The first kappa shape index (κ1) is 14.8. The topological polar surface area (TPSA) is 71.3 Å². The summed E-state index contributed by atoms with van der Waals surface area (Å²) in [7, 11) is 1.43. The molecular formula is C18H16N2O3. The van der Waals surface area contributed by atoms with E-state index in [0.717, 1.165) is 5.56 Å². The summed E-state index contributed by atoms with van der Waals surface area (Å²) < 4.78 is 1.51. The number of aromatic hydroxyl groups is 1. The second-order valence-corrected chi connectivity index (χ2v) is 5.20. The molecule has 0 atom stereocenters. The molecule has 0 bridgehead atoms. The maximum absolute atomic E-state index is 12.8. The second-order valence-electron chi connectivity index (χ2n) is 5.20. The highest BCUT2D eigenvalue weighted by Gasteiger charge is 2.21. The smallest absolute Gasteiger partial charge is 0.268 e. The Morgan fingerprint density at radius 1 is 1.09 bits per heavy atom. The van der Waals surface area contributed by atoms with Crippen molar-refractivity contribution in [1.29, 1.82) is 0 Å². The number of carbonyl (C=O) groups is 1. The Bertz CT molecular complexity index is 930. The highest BCUT2D eigenvalue weighted by Crippen LogP contribution is 2.26. The Balaban J connectivity index is 2.31. The van der Waals surface area contributed by atoms with Gasteiger partial charge in [0, 0.05) is 12.4 Å². The first-order valence-electron chi connectivity index (χ1n) is 7.24. The van der Waals surface area contributed by atoms with Crippen molar-refractivity contribution in [2.75, 3.05) is 7.05 Å².